The molecular weight excluding hydrogens is 443 g/mol. The maximum Gasteiger partial charge on any atom is 0.267 e. The highest BCUT2D eigenvalue weighted by Crippen LogP contribution is 2.40. The largest absolute Gasteiger partial charge is 0.507 e. The minimum absolute atomic E-state index is 0.105. The number of benzene rings is 2. The summed E-state index contributed by atoms with van der Waals surface area (Å²) in [5.41, 5.74) is 0.497. The molecule has 0 saturated heterocycles. The number of aromatic amines is 1. The van der Waals surface area contributed by atoms with Crippen molar-refractivity contribution in [1.29, 1.82) is 0 Å². The number of aromatic nitrogens is 4. The predicted molar refractivity (Wildman–Crippen MR) is 105 cm³/mol. The molecule has 0 unspecified atom stereocenters. The van der Waals surface area contributed by atoms with E-state index in [1.54, 1.807) is 0 Å². The molecular formula is C16H14Cl2N6O4S. The van der Waals surface area contributed by atoms with Gasteiger partial charge in [-0.05, 0) is 42.3 Å². The van der Waals surface area contributed by atoms with Gasteiger partial charge in [0, 0.05) is 17.8 Å². The van der Waals surface area contributed by atoms with Gasteiger partial charge in [0.1, 0.15) is 16.4 Å². The van der Waals surface area contributed by atoms with Crippen LogP contribution in [0.15, 0.2) is 35.2 Å². The Balaban J connectivity index is 1.59. The van der Waals surface area contributed by atoms with Crippen molar-refractivity contribution in [2.75, 3.05) is 5.32 Å². The lowest BCUT2D eigenvalue weighted by Gasteiger charge is -2.13. The Morgan fingerprint density at radius 1 is 1.17 bits per heavy atom. The minimum atomic E-state index is -3.88. The second-order valence-electron chi connectivity index (χ2n) is 6.26. The third-order valence-electron chi connectivity index (χ3n) is 3.94. The van der Waals surface area contributed by atoms with Crippen LogP contribution in [0, 0.1) is 0 Å². The third-order valence-corrected chi connectivity index (χ3v) is 6.05. The van der Waals surface area contributed by atoms with Crippen LogP contribution in [0.2, 0.25) is 10.0 Å². The number of phenols is 1. The Morgan fingerprint density at radius 3 is 2.52 bits per heavy atom. The summed E-state index contributed by atoms with van der Waals surface area (Å²) in [4.78, 5) is -0.287. The molecule has 4 rings (SSSR count). The van der Waals surface area contributed by atoms with E-state index in [-0.39, 0.29) is 44.2 Å². The first kappa shape index (κ1) is 19.7. The number of H-pyrrole nitrogens is 1. The fourth-order valence-electron chi connectivity index (χ4n) is 2.45. The second-order valence-corrected chi connectivity index (χ2v) is 8.75. The zero-order valence-electron chi connectivity index (χ0n) is 14.6. The van der Waals surface area contributed by atoms with Gasteiger partial charge in [0.05, 0.1) is 10.0 Å². The summed E-state index contributed by atoms with van der Waals surface area (Å²) in [5, 5.41) is 26.4. The lowest BCUT2D eigenvalue weighted by Crippen LogP contribution is -2.25. The SMILES string of the molecule is O=S(=O)(NC1CC1)c1cc(Oc2c(Cl)cc(Nc3nn[nH]n3)cc2Cl)ccc1O. The molecule has 1 aliphatic carbocycles. The molecule has 152 valence electrons. The summed E-state index contributed by atoms with van der Waals surface area (Å²) in [6.07, 6.45) is 1.54. The number of nitrogens with one attached hydrogen (secondary N) is 3. The van der Waals surface area contributed by atoms with Crippen molar-refractivity contribution in [3.63, 3.8) is 0 Å². The van der Waals surface area contributed by atoms with E-state index in [1.807, 2.05) is 0 Å². The molecule has 0 amide bonds. The average Bonchev–Trinajstić information content (AvgIpc) is 3.30. The first-order valence-electron chi connectivity index (χ1n) is 8.34. The first-order chi connectivity index (χ1) is 13.8. The molecule has 0 spiro atoms. The van der Waals surface area contributed by atoms with Crippen LogP contribution in [-0.2, 0) is 10.0 Å². The van der Waals surface area contributed by atoms with Gasteiger partial charge in [-0.1, -0.05) is 28.3 Å². The van der Waals surface area contributed by atoms with Crippen LogP contribution in [-0.4, -0.2) is 40.2 Å². The first-order valence-corrected chi connectivity index (χ1v) is 10.6. The average molecular weight is 457 g/mol. The van der Waals surface area contributed by atoms with Crippen molar-refractivity contribution in [2.45, 2.75) is 23.8 Å². The highest BCUT2D eigenvalue weighted by Gasteiger charge is 2.30. The number of hydrogen-bond donors (Lipinski definition) is 4. The molecule has 29 heavy (non-hydrogen) atoms. The fourth-order valence-corrected chi connectivity index (χ4v) is 4.43. The smallest absolute Gasteiger partial charge is 0.267 e. The molecule has 2 aromatic carbocycles. The molecule has 0 bridgehead atoms. The van der Waals surface area contributed by atoms with Crippen LogP contribution in [0.1, 0.15) is 12.8 Å². The molecule has 13 heteroatoms. The van der Waals surface area contributed by atoms with Crippen molar-refractivity contribution in [3.8, 4) is 17.2 Å². The summed E-state index contributed by atoms with van der Waals surface area (Å²) in [6.45, 7) is 0. The van der Waals surface area contributed by atoms with E-state index in [1.165, 1.54) is 30.3 Å². The van der Waals surface area contributed by atoms with Gasteiger partial charge in [-0.3, -0.25) is 0 Å². The van der Waals surface area contributed by atoms with E-state index < -0.39 is 10.0 Å². The second kappa shape index (κ2) is 7.67. The van der Waals surface area contributed by atoms with Crippen molar-refractivity contribution >= 4 is 44.9 Å². The van der Waals surface area contributed by atoms with Gasteiger partial charge in [-0.15, -0.1) is 5.10 Å². The summed E-state index contributed by atoms with van der Waals surface area (Å²) in [5.74, 6) is 0.0996. The lowest BCUT2D eigenvalue weighted by atomic mass is 10.3. The van der Waals surface area contributed by atoms with E-state index in [2.05, 4.69) is 30.7 Å². The van der Waals surface area contributed by atoms with Gasteiger partial charge in [-0.2, -0.15) is 5.21 Å². The standard InChI is InChI=1S/C16H14Cl2N6O4S/c17-11-5-9(19-16-20-23-24-21-16)6-12(18)15(11)28-10-3-4-13(25)14(7-10)29(26,27)22-8-1-2-8/h3-8,22,25H,1-2H2,(H2,19,20,21,23,24). The van der Waals surface area contributed by atoms with Crippen LogP contribution >= 0.6 is 23.2 Å². The normalized spacial score (nSPS) is 14.0. The van der Waals surface area contributed by atoms with Gasteiger partial charge >= 0.3 is 0 Å². The quantitative estimate of drug-likeness (QED) is 0.424. The van der Waals surface area contributed by atoms with Crippen molar-refractivity contribution in [2.24, 2.45) is 0 Å². The van der Waals surface area contributed by atoms with Crippen LogP contribution in [0.4, 0.5) is 11.6 Å². The number of tetrazole rings is 1. The molecule has 1 aromatic heterocycles. The molecule has 0 atom stereocenters. The monoisotopic (exact) mass is 456 g/mol. The van der Waals surface area contributed by atoms with E-state index >= 15 is 0 Å². The molecule has 10 nitrogen and oxygen atoms in total. The number of aromatic hydroxyl groups is 1. The number of hydrogen-bond acceptors (Lipinski definition) is 8. The molecule has 3 aromatic rings. The molecule has 4 N–H and O–H groups in total. The highest BCUT2D eigenvalue weighted by molar-refractivity contribution is 7.89. The minimum Gasteiger partial charge on any atom is -0.507 e. The summed E-state index contributed by atoms with van der Waals surface area (Å²) < 4.78 is 33.1. The summed E-state index contributed by atoms with van der Waals surface area (Å²) >= 11 is 12.5. The molecule has 1 fully saturated rings. The van der Waals surface area contributed by atoms with E-state index in [0.29, 0.717) is 5.69 Å². The Hall–Kier alpha value is -2.60. The molecule has 0 aliphatic heterocycles. The van der Waals surface area contributed by atoms with E-state index in [4.69, 9.17) is 27.9 Å². The van der Waals surface area contributed by atoms with Gasteiger partial charge in [0.2, 0.25) is 10.0 Å². The molecule has 1 saturated carbocycles. The van der Waals surface area contributed by atoms with Crippen LogP contribution in [0.5, 0.6) is 17.2 Å². The zero-order chi connectivity index (χ0) is 20.6. The Kier molecular flexibility index (Phi) is 5.21. The van der Waals surface area contributed by atoms with E-state index in [0.717, 1.165) is 12.8 Å². The fraction of sp³-hybridized carbons (Fsp3) is 0.188. The number of ether oxygens (including phenoxy) is 1. The maximum absolute atomic E-state index is 12.4. The number of phenolic OH excluding ortho intramolecular Hbond substituents is 1. The number of rotatable bonds is 7. The highest BCUT2D eigenvalue weighted by atomic mass is 35.5. The number of anilines is 2. The van der Waals surface area contributed by atoms with Crippen LogP contribution < -0.4 is 14.8 Å². The topological polar surface area (TPSA) is 142 Å². The molecule has 0 radical (unpaired) electrons. The summed E-state index contributed by atoms with van der Waals surface area (Å²) in [6, 6.07) is 6.80. The maximum atomic E-state index is 12.4. The van der Waals surface area contributed by atoms with Crippen molar-refractivity contribution in [3.05, 3.63) is 40.4 Å². The Labute approximate surface area is 175 Å². The van der Waals surface area contributed by atoms with Crippen molar-refractivity contribution < 1.29 is 18.3 Å². The Bertz CT molecular complexity index is 1130. The summed E-state index contributed by atoms with van der Waals surface area (Å²) in [7, 11) is -3.88. The third kappa shape index (κ3) is 4.53. The lowest BCUT2D eigenvalue weighted by molar-refractivity contribution is 0.448. The number of nitrogens with zero attached hydrogens (tertiary/aromatic N) is 3. The van der Waals surface area contributed by atoms with Gasteiger partial charge in [0.15, 0.2) is 5.75 Å². The van der Waals surface area contributed by atoms with Crippen LogP contribution in [0.3, 0.4) is 0 Å². The molecule has 1 aliphatic rings. The van der Waals surface area contributed by atoms with Crippen LogP contribution in [0.25, 0.3) is 0 Å². The zero-order valence-corrected chi connectivity index (χ0v) is 16.9. The van der Waals surface area contributed by atoms with E-state index in [9.17, 15) is 13.5 Å². The number of sulfonamides is 1. The van der Waals surface area contributed by atoms with Crippen molar-refractivity contribution in [1.82, 2.24) is 25.3 Å². The van der Waals surface area contributed by atoms with Gasteiger partial charge in [0.25, 0.3) is 5.95 Å². The Morgan fingerprint density at radius 2 is 1.90 bits per heavy atom. The van der Waals surface area contributed by atoms with Gasteiger partial charge in [-0.25, -0.2) is 13.1 Å². The number of halogens is 2. The van der Waals surface area contributed by atoms with Gasteiger partial charge < -0.3 is 15.2 Å². The molecule has 1 heterocycles. The predicted octanol–water partition coefficient (Wildman–Crippen LogP) is 3.19.